The largest absolute Gasteiger partial charge is 0.368 e. The molecule has 2 aromatic rings. The molecule has 1 saturated heterocycles. The van der Waals surface area contributed by atoms with Crippen LogP contribution < -0.4 is 4.90 Å². The third-order valence-corrected chi connectivity index (χ3v) is 4.43. The van der Waals surface area contributed by atoms with Crippen LogP contribution in [0.2, 0.25) is 5.02 Å². The van der Waals surface area contributed by atoms with Gasteiger partial charge < -0.3 is 9.80 Å². The second kappa shape index (κ2) is 7.04. The van der Waals surface area contributed by atoms with Gasteiger partial charge in [0, 0.05) is 56.6 Å². The standard InChI is InChI=1S/C17H21ClN4O/c1-20-13-14(12-19-20)5-6-17(23)22-9-7-21(8-10-22)16-4-2-3-15(18)11-16/h2-4,11-13H,5-10H2,1H3. The number of hydrogen-bond acceptors (Lipinski definition) is 3. The van der Waals surface area contributed by atoms with Gasteiger partial charge in [-0.3, -0.25) is 9.48 Å². The number of aromatic nitrogens is 2. The van der Waals surface area contributed by atoms with Gasteiger partial charge in [-0.15, -0.1) is 0 Å². The summed E-state index contributed by atoms with van der Waals surface area (Å²) in [4.78, 5) is 16.6. The lowest BCUT2D eigenvalue weighted by atomic mass is 10.1. The summed E-state index contributed by atoms with van der Waals surface area (Å²) in [7, 11) is 1.89. The van der Waals surface area contributed by atoms with Crippen molar-refractivity contribution in [3.63, 3.8) is 0 Å². The van der Waals surface area contributed by atoms with Crippen LogP contribution in [0.3, 0.4) is 0 Å². The highest BCUT2D eigenvalue weighted by molar-refractivity contribution is 6.30. The Balaban J connectivity index is 1.49. The van der Waals surface area contributed by atoms with Gasteiger partial charge in [-0.25, -0.2) is 0 Å². The van der Waals surface area contributed by atoms with Gasteiger partial charge >= 0.3 is 0 Å². The van der Waals surface area contributed by atoms with Crippen LogP contribution in [-0.2, 0) is 18.3 Å². The zero-order valence-electron chi connectivity index (χ0n) is 13.3. The monoisotopic (exact) mass is 332 g/mol. The summed E-state index contributed by atoms with van der Waals surface area (Å²) in [6, 6.07) is 7.87. The number of anilines is 1. The van der Waals surface area contributed by atoms with E-state index >= 15 is 0 Å². The Morgan fingerprint density at radius 1 is 1.26 bits per heavy atom. The molecule has 1 aromatic carbocycles. The first-order valence-electron chi connectivity index (χ1n) is 7.87. The SMILES string of the molecule is Cn1cc(CCC(=O)N2CCN(c3cccc(Cl)c3)CC2)cn1. The van der Waals surface area contributed by atoms with Gasteiger partial charge in [-0.05, 0) is 30.2 Å². The number of nitrogens with zero attached hydrogens (tertiary/aromatic N) is 4. The molecule has 6 heteroatoms. The minimum atomic E-state index is 0.222. The lowest BCUT2D eigenvalue weighted by Crippen LogP contribution is -2.48. The van der Waals surface area contributed by atoms with Crippen molar-refractivity contribution in [1.29, 1.82) is 0 Å². The van der Waals surface area contributed by atoms with Crippen LogP contribution in [0.15, 0.2) is 36.7 Å². The van der Waals surface area contributed by atoms with Gasteiger partial charge in [0.1, 0.15) is 0 Å². The fraction of sp³-hybridized carbons (Fsp3) is 0.412. The van der Waals surface area contributed by atoms with Crippen LogP contribution in [0.1, 0.15) is 12.0 Å². The third-order valence-electron chi connectivity index (χ3n) is 4.19. The molecule has 1 aromatic heterocycles. The molecule has 1 fully saturated rings. The maximum atomic E-state index is 12.3. The van der Waals surface area contributed by atoms with Crippen LogP contribution in [0.5, 0.6) is 0 Å². The highest BCUT2D eigenvalue weighted by atomic mass is 35.5. The molecule has 0 bridgehead atoms. The van der Waals surface area contributed by atoms with Gasteiger partial charge in [0.05, 0.1) is 6.20 Å². The van der Waals surface area contributed by atoms with Crippen LogP contribution >= 0.6 is 11.6 Å². The number of piperazine rings is 1. The second-order valence-corrected chi connectivity index (χ2v) is 6.31. The normalized spacial score (nSPS) is 15.0. The van der Waals surface area contributed by atoms with Crippen molar-refractivity contribution in [2.45, 2.75) is 12.8 Å². The minimum Gasteiger partial charge on any atom is -0.368 e. The van der Waals surface area contributed by atoms with Gasteiger partial charge in [0.2, 0.25) is 5.91 Å². The van der Waals surface area contributed by atoms with Crippen LogP contribution in [0.4, 0.5) is 5.69 Å². The van der Waals surface area contributed by atoms with Crippen molar-refractivity contribution in [3.05, 3.63) is 47.2 Å². The predicted octanol–water partition coefficient (Wildman–Crippen LogP) is 2.35. The number of halogens is 1. The number of aryl methyl sites for hydroxylation is 2. The Bertz CT molecular complexity index is 677. The van der Waals surface area contributed by atoms with E-state index in [2.05, 4.69) is 16.1 Å². The van der Waals surface area contributed by atoms with E-state index < -0.39 is 0 Å². The Morgan fingerprint density at radius 3 is 2.70 bits per heavy atom. The number of carbonyl (C=O) groups is 1. The zero-order chi connectivity index (χ0) is 16.2. The van der Waals surface area contributed by atoms with Crippen LogP contribution in [-0.4, -0.2) is 46.8 Å². The summed E-state index contributed by atoms with van der Waals surface area (Å²) in [6.07, 6.45) is 5.08. The van der Waals surface area contributed by atoms with E-state index in [-0.39, 0.29) is 5.91 Å². The van der Waals surface area contributed by atoms with Crippen molar-refractivity contribution < 1.29 is 4.79 Å². The minimum absolute atomic E-state index is 0.222. The molecular weight excluding hydrogens is 312 g/mol. The third kappa shape index (κ3) is 4.05. The Kier molecular flexibility index (Phi) is 4.86. The molecule has 0 unspecified atom stereocenters. The first kappa shape index (κ1) is 15.9. The molecule has 3 rings (SSSR count). The number of amides is 1. The van der Waals surface area contributed by atoms with E-state index in [0.717, 1.165) is 48.9 Å². The second-order valence-electron chi connectivity index (χ2n) is 5.87. The van der Waals surface area contributed by atoms with E-state index in [9.17, 15) is 4.79 Å². The molecule has 5 nitrogen and oxygen atoms in total. The maximum Gasteiger partial charge on any atom is 0.223 e. The topological polar surface area (TPSA) is 41.4 Å². The molecule has 0 saturated carbocycles. The summed E-state index contributed by atoms with van der Waals surface area (Å²) < 4.78 is 1.77. The first-order chi connectivity index (χ1) is 11.1. The number of benzene rings is 1. The molecular formula is C17H21ClN4O. The van der Waals surface area contributed by atoms with Gasteiger partial charge in [-0.2, -0.15) is 5.10 Å². The molecule has 1 aliphatic heterocycles. The van der Waals surface area contributed by atoms with Crippen LogP contribution in [0.25, 0.3) is 0 Å². The molecule has 0 atom stereocenters. The maximum absolute atomic E-state index is 12.3. The molecule has 1 amide bonds. The van der Waals surface area contributed by atoms with E-state index in [4.69, 9.17) is 11.6 Å². The average Bonchev–Trinajstić information content (AvgIpc) is 2.98. The van der Waals surface area contributed by atoms with E-state index in [1.165, 1.54) is 0 Å². The Morgan fingerprint density at radius 2 is 2.04 bits per heavy atom. The number of carbonyl (C=O) groups excluding carboxylic acids is 1. The first-order valence-corrected chi connectivity index (χ1v) is 8.25. The summed E-state index contributed by atoms with van der Waals surface area (Å²) in [6.45, 7) is 3.22. The number of hydrogen-bond donors (Lipinski definition) is 0. The van der Waals surface area contributed by atoms with Crippen molar-refractivity contribution in [2.24, 2.45) is 7.05 Å². The molecule has 23 heavy (non-hydrogen) atoms. The van der Waals surface area contributed by atoms with E-state index in [0.29, 0.717) is 6.42 Å². The summed E-state index contributed by atoms with van der Waals surface area (Å²) in [5.41, 5.74) is 2.23. The summed E-state index contributed by atoms with van der Waals surface area (Å²) in [5.74, 6) is 0.222. The highest BCUT2D eigenvalue weighted by Gasteiger charge is 2.21. The quantitative estimate of drug-likeness (QED) is 0.863. The van der Waals surface area contributed by atoms with Crippen molar-refractivity contribution in [2.75, 3.05) is 31.1 Å². The van der Waals surface area contributed by atoms with Crippen molar-refractivity contribution in [1.82, 2.24) is 14.7 Å². The Labute approximate surface area is 141 Å². The van der Waals surface area contributed by atoms with Crippen LogP contribution in [0, 0.1) is 0 Å². The lowest BCUT2D eigenvalue weighted by molar-refractivity contribution is -0.131. The molecule has 2 heterocycles. The van der Waals surface area contributed by atoms with Crippen molar-refractivity contribution >= 4 is 23.2 Å². The van der Waals surface area contributed by atoms with E-state index in [1.54, 1.807) is 4.68 Å². The lowest BCUT2D eigenvalue weighted by Gasteiger charge is -2.36. The molecule has 122 valence electrons. The van der Waals surface area contributed by atoms with Crippen molar-refractivity contribution in [3.8, 4) is 0 Å². The molecule has 0 spiro atoms. The van der Waals surface area contributed by atoms with Gasteiger partial charge in [-0.1, -0.05) is 17.7 Å². The summed E-state index contributed by atoms with van der Waals surface area (Å²) in [5, 5.41) is 4.88. The molecule has 0 radical (unpaired) electrons. The van der Waals surface area contributed by atoms with E-state index in [1.807, 2.05) is 42.5 Å². The smallest absolute Gasteiger partial charge is 0.223 e. The molecule has 0 N–H and O–H groups in total. The van der Waals surface area contributed by atoms with Gasteiger partial charge in [0.25, 0.3) is 0 Å². The highest BCUT2D eigenvalue weighted by Crippen LogP contribution is 2.21. The Hall–Kier alpha value is -2.01. The fourth-order valence-electron chi connectivity index (χ4n) is 2.90. The molecule has 1 aliphatic rings. The summed E-state index contributed by atoms with van der Waals surface area (Å²) >= 11 is 6.05. The number of rotatable bonds is 4. The van der Waals surface area contributed by atoms with Gasteiger partial charge in [0.15, 0.2) is 0 Å². The average molecular weight is 333 g/mol. The zero-order valence-corrected chi connectivity index (χ0v) is 14.0. The molecule has 0 aliphatic carbocycles. The fourth-order valence-corrected chi connectivity index (χ4v) is 3.08. The predicted molar refractivity (Wildman–Crippen MR) is 91.8 cm³/mol.